The molecular formula is C68H107NO8. The van der Waals surface area contributed by atoms with Crippen LogP contribution in [0.1, 0.15) is 194 Å². The van der Waals surface area contributed by atoms with Gasteiger partial charge in [-0.05, 0) is 122 Å². The van der Waals surface area contributed by atoms with Gasteiger partial charge in [-0.15, -0.1) is 0 Å². The number of ether oxygens (including phenoxy) is 4. The second-order valence-electron chi connectivity index (χ2n) is 20.2. The van der Waals surface area contributed by atoms with Gasteiger partial charge in [-0.1, -0.05) is 217 Å². The number of unbranched alkanes of at least 4 members (excludes halogenated alkanes) is 11. The number of hydrogen-bond donors (Lipinski definition) is 0. The van der Waals surface area contributed by atoms with Gasteiger partial charge in [0.05, 0.1) is 40.3 Å². The Hall–Kier alpha value is -5.09. The minimum Gasteiger partial charge on any atom is -0.545 e. The first kappa shape index (κ1) is 71.9. The minimum atomic E-state index is -1.64. The summed E-state index contributed by atoms with van der Waals surface area (Å²) in [7, 11) is 5.89. The number of rotatable bonds is 52. The summed E-state index contributed by atoms with van der Waals surface area (Å²) in [5.41, 5.74) is 0. The third-order valence-corrected chi connectivity index (χ3v) is 11.8. The monoisotopic (exact) mass is 1070 g/mol. The average molecular weight is 1070 g/mol. The van der Waals surface area contributed by atoms with E-state index in [1.54, 1.807) is 0 Å². The summed E-state index contributed by atoms with van der Waals surface area (Å²) < 4.78 is 22.6. The minimum absolute atomic E-state index is 0.130. The van der Waals surface area contributed by atoms with Crippen LogP contribution >= 0.6 is 0 Å². The number of esters is 2. The molecule has 0 rings (SSSR count). The molecule has 0 aliphatic rings. The van der Waals surface area contributed by atoms with Crippen LogP contribution in [-0.4, -0.2) is 82.3 Å². The van der Waals surface area contributed by atoms with Crippen LogP contribution in [0.5, 0.6) is 0 Å². The van der Waals surface area contributed by atoms with Crippen molar-refractivity contribution in [1.29, 1.82) is 0 Å². The fourth-order valence-corrected chi connectivity index (χ4v) is 7.28. The number of quaternary nitrogens is 1. The molecule has 0 aliphatic heterocycles. The maximum Gasteiger partial charge on any atom is 0.306 e. The molecule has 0 bridgehead atoms. The molecule has 0 aliphatic carbocycles. The third kappa shape index (κ3) is 58.4. The van der Waals surface area contributed by atoms with Crippen molar-refractivity contribution in [2.75, 3.05) is 47.5 Å². The maximum atomic E-state index is 12.9. The van der Waals surface area contributed by atoms with Crippen molar-refractivity contribution in [2.24, 2.45) is 0 Å². The van der Waals surface area contributed by atoms with Crippen molar-refractivity contribution in [2.45, 2.75) is 206 Å². The van der Waals surface area contributed by atoms with Crippen LogP contribution in [0.25, 0.3) is 0 Å². The van der Waals surface area contributed by atoms with Crippen LogP contribution in [0.4, 0.5) is 0 Å². The molecule has 77 heavy (non-hydrogen) atoms. The van der Waals surface area contributed by atoms with Crippen LogP contribution < -0.4 is 5.11 Å². The predicted octanol–water partition coefficient (Wildman–Crippen LogP) is 16.4. The highest BCUT2D eigenvalue weighted by Gasteiger charge is 2.22. The van der Waals surface area contributed by atoms with E-state index in [9.17, 15) is 19.5 Å². The van der Waals surface area contributed by atoms with E-state index in [-0.39, 0.29) is 38.6 Å². The van der Waals surface area contributed by atoms with E-state index >= 15 is 0 Å². The quantitative estimate of drug-likeness (QED) is 0.0195. The van der Waals surface area contributed by atoms with Crippen molar-refractivity contribution in [1.82, 2.24) is 0 Å². The van der Waals surface area contributed by atoms with Crippen molar-refractivity contribution in [3.63, 3.8) is 0 Å². The molecule has 0 aromatic carbocycles. The topological polar surface area (TPSA) is 111 Å². The molecule has 0 N–H and O–H groups in total. The number of nitrogens with zero attached hydrogens (tertiary/aromatic N) is 1. The highest BCUT2D eigenvalue weighted by Crippen LogP contribution is 2.13. The van der Waals surface area contributed by atoms with Crippen molar-refractivity contribution < 1.29 is 42.9 Å². The Kier molecular flexibility index (Phi) is 53.3. The third-order valence-electron chi connectivity index (χ3n) is 11.8. The normalized spacial score (nSPS) is 13.9. The molecule has 9 nitrogen and oxygen atoms in total. The van der Waals surface area contributed by atoms with Gasteiger partial charge >= 0.3 is 11.9 Å². The average Bonchev–Trinajstić information content (AvgIpc) is 3.40. The van der Waals surface area contributed by atoms with E-state index < -0.39 is 24.3 Å². The number of allylic oxidation sites excluding steroid dienone is 26. The van der Waals surface area contributed by atoms with Crippen molar-refractivity contribution in [3.05, 3.63) is 158 Å². The SMILES string of the molecule is CC/C=C\C/C=C\C/C=C\C/C=C\C/C=C\C/C=C\C/C=C\C/C=C\C/C=C\CCCCCC(=O)OC(COC(=O)CCCCCCCCCC/C=C\C/C=C\C/C=C\C/C=C\CC)COC(OCC[N+](C)(C)C)C(=O)[O-]. The number of carbonyl (C=O) groups excluding carboxylic acids is 3. The molecule has 0 saturated heterocycles. The number of aliphatic carboxylic acids is 1. The summed E-state index contributed by atoms with van der Waals surface area (Å²) in [4.78, 5) is 37.3. The fraction of sp³-hybridized carbons (Fsp3) is 0.574. The van der Waals surface area contributed by atoms with Gasteiger partial charge in [-0.25, -0.2) is 0 Å². The molecule has 0 aromatic rings. The zero-order chi connectivity index (χ0) is 56.2. The fourth-order valence-electron chi connectivity index (χ4n) is 7.28. The molecule has 9 heteroatoms. The van der Waals surface area contributed by atoms with Gasteiger partial charge in [0, 0.05) is 12.8 Å². The van der Waals surface area contributed by atoms with Gasteiger partial charge < -0.3 is 33.3 Å². The first-order valence-corrected chi connectivity index (χ1v) is 29.6. The van der Waals surface area contributed by atoms with Gasteiger partial charge in [0.25, 0.3) is 0 Å². The van der Waals surface area contributed by atoms with E-state index in [0.717, 1.165) is 135 Å². The Morgan fingerprint density at radius 1 is 0.390 bits per heavy atom. The molecule has 0 radical (unpaired) electrons. The zero-order valence-electron chi connectivity index (χ0n) is 49.0. The highest BCUT2D eigenvalue weighted by atomic mass is 16.7. The van der Waals surface area contributed by atoms with Gasteiger partial charge in [-0.2, -0.15) is 0 Å². The number of likely N-dealkylation sites (N-methyl/N-ethyl adjacent to an activating group) is 1. The van der Waals surface area contributed by atoms with Gasteiger partial charge in [0.1, 0.15) is 13.2 Å². The maximum absolute atomic E-state index is 12.9. The number of carbonyl (C=O) groups is 3. The Bertz CT molecular complexity index is 1810. The standard InChI is InChI=1S/C68H107NO8/c1-6-8-10-12-14-16-18-20-22-24-26-28-29-30-31-32-33-34-35-36-37-39-41-43-45-47-49-51-53-55-57-59-66(71)77-64(63-76-68(67(72)73)74-61-60-69(3,4)5)62-75-65(70)58-56-54-52-50-48-46-44-42-40-38-27-25-23-21-19-17-15-13-11-9-7-2/h8-11,14-17,20-23,26-28,30-31,33-34,36-38,41,43,47,49,64,68H,6-7,12-13,18-19,24-25,29,32,35,39-40,42,44-46,48,50-63H2,1-5H3/b10-8-,11-9-,16-14-,17-15-,22-20-,23-21-,28-26-,31-30-,34-33-,37-36-,38-27-,43-41-,49-47-. The summed E-state index contributed by atoms with van der Waals surface area (Å²) >= 11 is 0. The molecule has 432 valence electrons. The second-order valence-corrected chi connectivity index (χ2v) is 20.2. The van der Waals surface area contributed by atoms with Crippen molar-refractivity contribution >= 4 is 17.9 Å². The molecule has 2 atom stereocenters. The predicted molar refractivity (Wildman–Crippen MR) is 324 cm³/mol. The zero-order valence-corrected chi connectivity index (χ0v) is 49.0. The van der Waals surface area contributed by atoms with Crippen LogP contribution in [0.3, 0.4) is 0 Å². The first-order chi connectivity index (χ1) is 37.6. The summed E-state index contributed by atoms with van der Waals surface area (Å²) in [6.45, 7) is 4.44. The summed E-state index contributed by atoms with van der Waals surface area (Å²) in [5.74, 6) is -2.36. The molecule has 0 spiro atoms. The molecule has 0 fully saturated rings. The van der Waals surface area contributed by atoms with Gasteiger partial charge in [-0.3, -0.25) is 9.59 Å². The van der Waals surface area contributed by atoms with E-state index in [4.69, 9.17) is 18.9 Å². The Labute approximate surface area is 470 Å². The number of hydrogen-bond acceptors (Lipinski definition) is 8. The molecule has 0 aromatic heterocycles. The second kappa shape index (κ2) is 57.1. The van der Waals surface area contributed by atoms with E-state index in [2.05, 4.69) is 172 Å². The van der Waals surface area contributed by atoms with E-state index in [1.807, 2.05) is 21.1 Å². The smallest absolute Gasteiger partial charge is 0.306 e. The lowest BCUT2D eigenvalue weighted by Crippen LogP contribution is -2.44. The Balaban J connectivity index is 4.38. The summed E-state index contributed by atoms with van der Waals surface area (Å²) in [6, 6.07) is 0. The lowest BCUT2D eigenvalue weighted by atomic mass is 10.1. The van der Waals surface area contributed by atoms with E-state index in [0.29, 0.717) is 17.4 Å². The molecule has 0 saturated carbocycles. The Morgan fingerprint density at radius 2 is 0.701 bits per heavy atom. The van der Waals surface area contributed by atoms with Crippen LogP contribution in [0.2, 0.25) is 0 Å². The molecule has 2 unspecified atom stereocenters. The first-order valence-electron chi connectivity index (χ1n) is 29.6. The molecule has 0 amide bonds. The lowest BCUT2D eigenvalue weighted by Gasteiger charge is -2.26. The molecular weight excluding hydrogens is 959 g/mol. The summed E-state index contributed by atoms with van der Waals surface area (Å²) in [6.07, 6.45) is 81.5. The number of carboxylic acid groups (broad SMARTS) is 1. The van der Waals surface area contributed by atoms with Crippen molar-refractivity contribution in [3.8, 4) is 0 Å². The number of carboxylic acids is 1. The van der Waals surface area contributed by atoms with E-state index in [1.165, 1.54) is 25.7 Å². The molecule has 0 heterocycles. The highest BCUT2D eigenvalue weighted by molar-refractivity contribution is 5.70. The van der Waals surface area contributed by atoms with Crippen LogP contribution in [0, 0.1) is 0 Å². The Morgan fingerprint density at radius 3 is 1.05 bits per heavy atom. The van der Waals surface area contributed by atoms with Gasteiger partial charge in [0.15, 0.2) is 12.4 Å². The van der Waals surface area contributed by atoms with Crippen LogP contribution in [-0.2, 0) is 33.3 Å². The largest absolute Gasteiger partial charge is 0.545 e. The van der Waals surface area contributed by atoms with Gasteiger partial charge in [0.2, 0.25) is 0 Å². The van der Waals surface area contributed by atoms with Crippen LogP contribution in [0.15, 0.2) is 158 Å². The summed E-state index contributed by atoms with van der Waals surface area (Å²) in [5, 5.41) is 11.8. The lowest BCUT2D eigenvalue weighted by molar-refractivity contribution is -0.870.